The fraction of sp³-hybridized carbons (Fsp3) is 0.485. The third-order valence-corrected chi connectivity index (χ3v) is 9.42. The molecule has 3 aromatic rings. The average molecular weight is 594 g/mol. The van der Waals surface area contributed by atoms with Gasteiger partial charge in [-0.1, -0.05) is 31.5 Å². The maximum atomic E-state index is 14.1. The molecule has 2 saturated heterocycles. The number of anilines is 1. The van der Waals surface area contributed by atoms with Gasteiger partial charge in [0, 0.05) is 49.5 Å². The number of ether oxygens (including phenoxy) is 1. The Balaban J connectivity index is 1.41. The number of fused-ring (bicyclic) bond motifs is 2. The maximum absolute atomic E-state index is 14.1. The second kappa shape index (κ2) is 11.8. The van der Waals surface area contributed by atoms with Gasteiger partial charge in [0.1, 0.15) is 5.69 Å². The lowest BCUT2D eigenvalue weighted by atomic mass is 9.62. The van der Waals surface area contributed by atoms with E-state index in [4.69, 9.17) is 9.72 Å². The Morgan fingerprint density at radius 2 is 1.95 bits per heavy atom. The van der Waals surface area contributed by atoms with E-state index in [2.05, 4.69) is 17.2 Å². The predicted molar refractivity (Wildman–Crippen MR) is 159 cm³/mol. The number of nitrogens with one attached hydrogen (secondary N) is 1. The summed E-state index contributed by atoms with van der Waals surface area (Å²) in [6.45, 7) is 7.40. The first kappa shape index (κ1) is 29.4. The van der Waals surface area contributed by atoms with Crippen LogP contribution in [0.4, 0.5) is 18.9 Å². The van der Waals surface area contributed by atoms with E-state index < -0.39 is 17.2 Å². The van der Waals surface area contributed by atoms with Crippen molar-refractivity contribution in [3.05, 3.63) is 71.5 Å². The topological polar surface area (TPSA) is 70.6 Å². The van der Waals surface area contributed by atoms with Crippen molar-refractivity contribution < 1.29 is 22.7 Å². The van der Waals surface area contributed by atoms with Gasteiger partial charge in [0.2, 0.25) is 5.88 Å². The Morgan fingerprint density at radius 1 is 1.12 bits per heavy atom. The summed E-state index contributed by atoms with van der Waals surface area (Å²) in [5.41, 5.74) is 1.84. The molecule has 2 aromatic heterocycles. The standard InChI is InChI=1S/C33H38F3N5O2/c1-3-22-19-40(28-12-6-5-11-25(28)33(34,35)36)18-15-32(22)21-41(20-23-9-7-16-37-23)31(42)29-26(32)13-14-27(39-29)24-10-8-17-38-30(24)43-4-2/h5-6,8,10-14,17,22-23,37H,3-4,7,9,15-16,18-21H2,1-2H3/t22-,23-,32+/m1/s1. The Bertz CT molecular complexity index is 1470. The number of benzene rings is 1. The van der Waals surface area contributed by atoms with E-state index in [1.54, 1.807) is 18.3 Å². The fourth-order valence-electron chi connectivity index (χ4n) is 7.35. The summed E-state index contributed by atoms with van der Waals surface area (Å²) in [7, 11) is 0. The van der Waals surface area contributed by atoms with Gasteiger partial charge < -0.3 is 19.9 Å². The summed E-state index contributed by atoms with van der Waals surface area (Å²) < 4.78 is 47.7. The quantitative estimate of drug-likeness (QED) is 0.366. The van der Waals surface area contributed by atoms with Gasteiger partial charge in [0.05, 0.1) is 23.4 Å². The fourth-order valence-corrected chi connectivity index (χ4v) is 7.35. The number of hydrogen-bond acceptors (Lipinski definition) is 6. The minimum atomic E-state index is -4.44. The number of carbonyl (C=O) groups excluding carboxylic acids is 1. The van der Waals surface area contributed by atoms with Gasteiger partial charge in [0.15, 0.2) is 0 Å². The number of alkyl halides is 3. The molecular formula is C33H38F3N5O2. The average Bonchev–Trinajstić information content (AvgIpc) is 3.53. The van der Waals surface area contributed by atoms with Crippen LogP contribution in [-0.2, 0) is 11.6 Å². The van der Waals surface area contributed by atoms with Gasteiger partial charge in [-0.25, -0.2) is 9.97 Å². The molecule has 5 heterocycles. The summed E-state index contributed by atoms with van der Waals surface area (Å²) in [5, 5.41) is 3.52. The minimum absolute atomic E-state index is 0.0125. The molecule has 0 aliphatic carbocycles. The van der Waals surface area contributed by atoms with Crippen LogP contribution >= 0.6 is 0 Å². The summed E-state index contributed by atoms with van der Waals surface area (Å²) in [6, 6.07) is 13.7. The van der Waals surface area contributed by atoms with Crippen LogP contribution in [0.2, 0.25) is 0 Å². The molecule has 6 rings (SSSR count). The molecule has 3 aliphatic rings. The van der Waals surface area contributed by atoms with Crippen LogP contribution < -0.4 is 15.0 Å². The molecular weight excluding hydrogens is 555 g/mol. The van der Waals surface area contributed by atoms with E-state index in [-0.39, 0.29) is 23.6 Å². The lowest BCUT2D eigenvalue weighted by Crippen LogP contribution is -2.60. The summed E-state index contributed by atoms with van der Waals surface area (Å²) >= 11 is 0. The largest absolute Gasteiger partial charge is 0.477 e. The molecule has 43 heavy (non-hydrogen) atoms. The molecule has 3 atom stereocenters. The van der Waals surface area contributed by atoms with Crippen molar-refractivity contribution in [3.8, 4) is 17.1 Å². The number of para-hydroxylation sites is 1. The summed E-state index contributed by atoms with van der Waals surface area (Å²) in [5.74, 6) is 0.377. The maximum Gasteiger partial charge on any atom is 0.418 e. The highest BCUT2D eigenvalue weighted by atomic mass is 19.4. The molecule has 2 fully saturated rings. The van der Waals surface area contributed by atoms with Crippen LogP contribution in [0.25, 0.3) is 11.3 Å². The highest BCUT2D eigenvalue weighted by Gasteiger charge is 2.51. The van der Waals surface area contributed by atoms with Crippen LogP contribution in [-0.4, -0.2) is 66.1 Å². The summed E-state index contributed by atoms with van der Waals surface area (Å²) in [6.07, 6.45) is 0.680. The van der Waals surface area contributed by atoms with Crippen LogP contribution in [0.15, 0.2) is 54.7 Å². The molecule has 0 radical (unpaired) electrons. The van der Waals surface area contributed by atoms with Gasteiger partial charge in [-0.3, -0.25) is 4.79 Å². The lowest BCUT2D eigenvalue weighted by molar-refractivity contribution is -0.137. The molecule has 1 aromatic carbocycles. The number of hydrogen-bond donors (Lipinski definition) is 1. The molecule has 10 heteroatoms. The van der Waals surface area contributed by atoms with Crippen LogP contribution in [0.1, 0.15) is 61.1 Å². The molecule has 0 saturated carbocycles. The third kappa shape index (κ3) is 5.46. The van der Waals surface area contributed by atoms with E-state index in [1.165, 1.54) is 6.07 Å². The van der Waals surface area contributed by atoms with E-state index in [9.17, 15) is 18.0 Å². The van der Waals surface area contributed by atoms with Crippen molar-refractivity contribution in [3.63, 3.8) is 0 Å². The van der Waals surface area contributed by atoms with E-state index >= 15 is 0 Å². The van der Waals surface area contributed by atoms with Gasteiger partial charge >= 0.3 is 6.18 Å². The molecule has 228 valence electrons. The molecule has 0 bridgehead atoms. The lowest BCUT2D eigenvalue weighted by Gasteiger charge is -2.53. The van der Waals surface area contributed by atoms with Crippen molar-refractivity contribution in [1.82, 2.24) is 20.2 Å². The number of aromatic nitrogens is 2. The number of rotatable bonds is 7. The highest BCUT2D eigenvalue weighted by Crippen LogP contribution is 2.48. The number of nitrogens with zero attached hydrogens (tertiary/aromatic N) is 4. The Morgan fingerprint density at radius 3 is 2.70 bits per heavy atom. The van der Waals surface area contributed by atoms with Crippen molar-refractivity contribution >= 4 is 11.6 Å². The number of pyridine rings is 2. The number of piperidine rings is 1. The molecule has 7 nitrogen and oxygen atoms in total. The van der Waals surface area contributed by atoms with Crippen LogP contribution in [0, 0.1) is 5.92 Å². The number of halogens is 3. The zero-order valence-corrected chi connectivity index (χ0v) is 24.7. The Kier molecular flexibility index (Phi) is 8.06. The first-order chi connectivity index (χ1) is 20.7. The molecule has 0 unspecified atom stereocenters. The van der Waals surface area contributed by atoms with E-state index in [1.807, 2.05) is 41.0 Å². The zero-order chi connectivity index (χ0) is 30.2. The SMILES string of the molecule is CCOc1ncccc1-c1ccc2c(n1)C(=O)N(C[C@H]1CCCN1)C[C@]21CCN(c2ccccc2C(F)(F)F)C[C@H]1CC. The van der Waals surface area contributed by atoms with Gasteiger partial charge in [0.25, 0.3) is 5.91 Å². The van der Waals surface area contributed by atoms with Gasteiger partial charge in [-0.15, -0.1) is 0 Å². The first-order valence-corrected chi connectivity index (χ1v) is 15.3. The summed E-state index contributed by atoms with van der Waals surface area (Å²) in [4.78, 5) is 27.3. The van der Waals surface area contributed by atoms with Crippen LogP contribution in [0.5, 0.6) is 5.88 Å². The van der Waals surface area contributed by atoms with Crippen molar-refractivity contribution in [2.24, 2.45) is 5.92 Å². The predicted octanol–water partition coefficient (Wildman–Crippen LogP) is 5.94. The van der Waals surface area contributed by atoms with Crippen molar-refractivity contribution in [2.45, 2.75) is 57.2 Å². The minimum Gasteiger partial charge on any atom is -0.477 e. The van der Waals surface area contributed by atoms with Gasteiger partial charge in [-0.05, 0) is 74.5 Å². The smallest absolute Gasteiger partial charge is 0.418 e. The first-order valence-electron chi connectivity index (χ1n) is 15.3. The third-order valence-electron chi connectivity index (χ3n) is 9.42. The number of carbonyl (C=O) groups is 1. The Labute approximate surface area is 250 Å². The molecule has 1 spiro atoms. The van der Waals surface area contributed by atoms with Gasteiger partial charge in [-0.2, -0.15) is 13.2 Å². The van der Waals surface area contributed by atoms with E-state index in [0.29, 0.717) is 62.0 Å². The Hall–Kier alpha value is -3.66. The van der Waals surface area contributed by atoms with Crippen LogP contribution in [0.3, 0.4) is 0 Å². The second-order valence-electron chi connectivity index (χ2n) is 11.8. The molecule has 1 amide bonds. The molecule has 3 aliphatic heterocycles. The zero-order valence-electron chi connectivity index (χ0n) is 24.7. The monoisotopic (exact) mass is 593 g/mol. The number of amides is 1. The molecule has 1 N–H and O–H groups in total. The van der Waals surface area contributed by atoms with Crippen molar-refractivity contribution in [2.75, 3.05) is 44.2 Å². The second-order valence-corrected chi connectivity index (χ2v) is 11.8. The van der Waals surface area contributed by atoms with Crippen molar-refractivity contribution in [1.29, 1.82) is 0 Å². The normalized spacial score (nSPS) is 24.0. The highest BCUT2D eigenvalue weighted by molar-refractivity contribution is 5.96. The van der Waals surface area contributed by atoms with E-state index in [0.717, 1.165) is 37.4 Å².